The Kier molecular flexibility index (Phi) is 4.44. The quantitative estimate of drug-likeness (QED) is 0.855. The summed E-state index contributed by atoms with van der Waals surface area (Å²) in [6.07, 6.45) is 4.82. The summed E-state index contributed by atoms with van der Waals surface area (Å²) in [4.78, 5) is 0. The first-order chi connectivity index (χ1) is 9.52. The van der Waals surface area contributed by atoms with E-state index in [0.717, 1.165) is 11.6 Å². The molecule has 2 aromatic rings. The van der Waals surface area contributed by atoms with Crippen LogP contribution in [0.4, 0.5) is 13.2 Å². The predicted octanol–water partition coefficient (Wildman–Crippen LogP) is 2.73. The lowest BCUT2D eigenvalue weighted by atomic mass is 9.99. The molecule has 6 heteroatoms. The number of aryl methyl sites for hydroxylation is 2. The zero-order valence-corrected chi connectivity index (χ0v) is 11.3. The summed E-state index contributed by atoms with van der Waals surface area (Å²) in [5.74, 6) is -3.73. The molecule has 20 heavy (non-hydrogen) atoms. The fraction of sp³-hybridized carbons (Fsp3) is 0.357. The van der Waals surface area contributed by atoms with Crippen molar-refractivity contribution in [2.45, 2.75) is 18.9 Å². The summed E-state index contributed by atoms with van der Waals surface area (Å²) in [5.41, 5.74) is 1.14. The minimum atomic E-state index is -1.43. The molecule has 1 aromatic carbocycles. The number of halogens is 3. The fourth-order valence-electron chi connectivity index (χ4n) is 2.18. The van der Waals surface area contributed by atoms with E-state index in [2.05, 4.69) is 10.4 Å². The Morgan fingerprint density at radius 2 is 2.00 bits per heavy atom. The highest BCUT2D eigenvalue weighted by atomic mass is 19.2. The van der Waals surface area contributed by atoms with Crippen LogP contribution in [-0.4, -0.2) is 16.8 Å². The highest BCUT2D eigenvalue weighted by molar-refractivity contribution is 5.24. The van der Waals surface area contributed by atoms with Gasteiger partial charge in [0.05, 0.1) is 6.20 Å². The largest absolute Gasteiger partial charge is 0.313 e. The Labute approximate surface area is 115 Å². The van der Waals surface area contributed by atoms with Gasteiger partial charge in [0.25, 0.3) is 0 Å². The number of hydrogen-bond donors (Lipinski definition) is 1. The van der Waals surface area contributed by atoms with E-state index in [1.165, 1.54) is 6.07 Å². The van der Waals surface area contributed by atoms with Gasteiger partial charge in [-0.1, -0.05) is 6.07 Å². The molecular formula is C14H16F3N3. The molecule has 2 rings (SSSR count). The van der Waals surface area contributed by atoms with Gasteiger partial charge in [-0.3, -0.25) is 4.68 Å². The molecule has 0 aliphatic carbocycles. The molecule has 0 saturated carbocycles. The van der Waals surface area contributed by atoms with E-state index in [1.54, 1.807) is 17.9 Å². The van der Waals surface area contributed by atoms with Gasteiger partial charge in [0.1, 0.15) is 0 Å². The van der Waals surface area contributed by atoms with Crippen LogP contribution in [0.15, 0.2) is 24.5 Å². The summed E-state index contributed by atoms with van der Waals surface area (Å²) >= 11 is 0. The minimum absolute atomic E-state index is 0.135. The van der Waals surface area contributed by atoms with Crippen molar-refractivity contribution in [3.63, 3.8) is 0 Å². The first-order valence-electron chi connectivity index (χ1n) is 6.31. The van der Waals surface area contributed by atoms with Crippen molar-refractivity contribution in [1.82, 2.24) is 15.1 Å². The third-order valence-corrected chi connectivity index (χ3v) is 3.27. The molecule has 1 heterocycles. The Morgan fingerprint density at radius 3 is 2.60 bits per heavy atom. The van der Waals surface area contributed by atoms with Crippen molar-refractivity contribution >= 4 is 0 Å². The molecule has 0 amide bonds. The van der Waals surface area contributed by atoms with Crippen LogP contribution in [0.1, 0.15) is 23.6 Å². The number of rotatable bonds is 5. The molecule has 0 saturated heterocycles. The maximum atomic E-state index is 13.8. The smallest absolute Gasteiger partial charge is 0.194 e. The number of nitrogens with one attached hydrogen (secondary N) is 1. The molecule has 3 nitrogen and oxygen atoms in total. The SMILES string of the molecule is CNC(CCc1cnn(C)c1)c1ccc(F)c(F)c1F. The second-order valence-corrected chi connectivity index (χ2v) is 4.67. The lowest BCUT2D eigenvalue weighted by Crippen LogP contribution is -2.19. The predicted molar refractivity (Wildman–Crippen MR) is 69.6 cm³/mol. The van der Waals surface area contributed by atoms with Crippen LogP contribution >= 0.6 is 0 Å². The maximum Gasteiger partial charge on any atom is 0.194 e. The topological polar surface area (TPSA) is 29.9 Å². The molecular weight excluding hydrogens is 267 g/mol. The standard InChI is InChI=1S/C14H16F3N3/c1-18-12(6-3-9-7-19-20(2)8-9)10-4-5-11(15)14(17)13(10)16/h4-5,7-8,12,18H,3,6H2,1-2H3. The Balaban J connectivity index is 2.14. The second-order valence-electron chi connectivity index (χ2n) is 4.67. The van der Waals surface area contributed by atoms with Crippen LogP contribution < -0.4 is 5.32 Å². The first kappa shape index (κ1) is 14.6. The summed E-state index contributed by atoms with van der Waals surface area (Å²) in [6.45, 7) is 0. The lowest BCUT2D eigenvalue weighted by molar-refractivity contribution is 0.424. The number of nitrogens with zero attached hydrogens (tertiary/aromatic N) is 2. The normalized spacial score (nSPS) is 12.7. The van der Waals surface area contributed by atoms with Crippen LogP contribution in [-0.2, 0) is 13.5 Å². The molecule has 1 N–H and O–H groups in total. The molecule has 0 aliphatic heterocycles. The maximum absolute atomic E-state index is 13.8. The third-order valence-electron chi connectivity index (χ3n) is 3.27. The summed E-state index contributed by atoms with van der Waals surface area (Å²) < 4.78 is 41.6. The van der Waals surface area contributed by atoms with Crippen molar-refractivity contribution in [2.24, 2.45) is 7.05 Å². The van der Waals surface area contributed by atoms with Gasteiger partial charge in [0.15, 0.2) is 17.5 Å². The third kappa shape index (κ3) is 3.01. The molecule has 108 valence electrons. The summed E-state index contributed by atoms with van der Waals surface area (Å²) in [5, 5.41) is 6.98. The fourth-order valence-corrected chi connectivity index (χ4v) is 2.18. The van der Waals surface area contributed by atoms with Gasteiger partial charge in [-0.15, -0.1) is 0 Å². The molecule has 1 aromatic heterocycles. The van der Waals surface area contributed by atoms with Crippen LogP contribution in [0.2, 0.25) is 0 Å². The Bertz CT molecular complexity index is 595. The molecule has 0 fully saturated rings. The van der Waals surface area contributed by atoms with E-state index in [1.807, 2.05) is 13.2 Å². The van der Waals surface area contributed by atoms with Crippen LogP contribution in [0.25, 0.3) is 0 Å². The first-order valence-corrected chi connectivity index (χ1v) is 6.31. The van der Waals surface area contributed by atoms with E-state index < -0.39 is 17.5 Å². The van der Waals surface area contributed by atoms with Crippen molar-refractivity contribution in [1.29, 1.82) is 0 Å². The molecule has 1 atom stereocenters. The van der Waals surface area contributed by atoms with Crippen molar-refractivity contribution in [3.8, 4) is 0 Å². The number of hydrogen-bond acceptors (Lipinski definition) is 2. The van der Waals surface area contributed by atoms with Crippen molar-refractivity contribution in [3.05, 3.63) is 53.1 Å². The zero-order valence-electron chi connectivity index (χ0n) is 11.3. The highest BCUT2D eigenvalue weighted by Crippen LogP contribution is 2.24. The van der Waals surface area contributed by atoms with Gasteiger partial charge >= 0.3 is 0 Å². The van der Waals surface area contributed by atoms with Gasteiger partial charge < -0.3 is 5.32 Å². The number of benzene rings is 1. The minimum Gasteiger partial charge on any atom is -0.313 e. The number of aromatic nitrogens is 2. The van der Waals surface area contributed by atoms with E-state index in [-0.39, 0.29) is 11.6 Å². The van der Waals surface area contributed by atoms with Crippen LogP contribution in [0, 0.1) is 17.5 Å². The van der Waals surface area contributed by atoms with Crippen molar-refractivity contribution < 1.29 is 13.2 Å². The zero-order chi connectivity index (χ0) is 14.7. The summed E-state index contributed by atoms with van der Waals surface area (Å²) in [6, 6.07) is 1.84. The van der Waals surface area contributed by atoms with Gasteiger partial charge in [-0.2, -0.15) is 5.10 Å². The molecule has 0 aliphatic rings. The Hall–Kier alpha value is -1.82. The van der Waals surface area contributed by atoms with Gasteiger partial charge in [-0.05, 0) is 31.5 Å². The lowest BCUT2D eigenvalue weighted by Gasteiger charge is -2.17. The Morgan fingerprint density at radius 1 is 1.25 bits per heavy atom. The van der Waals surface area contributed by atoms with E-state index in [9.17, 15) is 13.2 Å². The van der Waals surface area contributed by atoms with Gasteiger partial charge in [0, 0.05) is 24.8 Å². The van der Waals surface area contributed by atoms with E-state index >= 15 is 0 Å². The summed E-state index contributed by atoms with van der Waals surface area (Å²) in [7, 11) is 3.47. The van der Waals surface area contributed by atoms with Gasteiger partial charge in [-0.25, -0.2) is 13.2 Å². The van der Waals surface area contributed by atoms with Crippen LogP contribution in [0.3, 0.4) is 0 Å². The van der Waals surface area contributed by atoms with E-state index in [4.69, 9.17) is 0 Å². The average molecular weight is 283 g/mol. The van der Waals surface area contributed by atoms with Crippen LogP contribution in [0.5, 0.6) is 0 Å². The average Bonchev–Trinajstić information content (AvgIpc) is 2.84. The molecule has 0 spiro atoms. The highest BCUT2D eigenvalue weighted by Gasteiger charge is 2.19. The van der Waals surface area contributed by atoms with Gasteiger partial charge in [0.2, 0.25) is 0 Å². The molecule has 0 bridgehead atoms. The van der Waals surface area contributed by atoms with Crippen molar-refractivity contribution in [2.75, 3.05) is 7.05 Å². The van der Waals surface area contributed by atoms with E-state index in [0.29, 0.717) is 12.8 Å². The molecule has 1 unspecified atom stereocenters. The molecule has 0 radical (unpaired) electrons. The second kappa shape index (κ2) is 6.09. The monoisotopic (exact) mass is 283 g/mol.